The number of aromatic nitrogens is 2. The first-order chi connectivity index (χ1) is 10.8. The molecule has 1 N–H and O–H groups in total. The summed E-state index contributed by atoms with van der Waals surface area (Å²) in [7, 11) is 1.25. The summed E-state index contributed by atoms with van der Waals surface area (Å²) in [6.07, 6.45) is 3.12. The van der Waals surface area contributed by atoms with Crippen molar-refractivity contribution in [3.05, 3.63) is 23.8 Å². The van der Waals surface area contributed by atoms with Crippen LogP contribution < -0.4 is 5.32 Å². The molecule has 0 bridgehead atoms. The monoisotopic (exact) mass is 323 g/mol. The number of amides is 1. The van der Waals surface area contributed by atoms with E-state index in [1.807, 2.05) is 13.8 Å². The average molecular weight is 323 g/mol. The number of hydrogen-bond acceptors (Lipinski definition) is 7. The van der Waals surface area contributed by atoms with E-state index in [4.69, 9.17) is 4.74 Å². The van der Waals surface area contributed by atoms with Gasteiger partial charge in [-0.2, -0.15) is 0 Å². The van der Waals surface area contributed by atoms with Crippen molar-refractivity contribution < 1.29 is 23.9 Å². The maximum Gasteiger partial charge on any atom is 0.359 e. The largest absolute Gasteiger partial charge is 0.467 e. The molecule has 23 heavy (non-hydrogen) atoms. The third kappa shape index (κ3) is 6.41. The molecule has 1 aromatic heterocycles. The van der Waals surface area contributed by atoms with Gasteiger partial charge in [0, 0.05) is 6.20 Å². The van der Waals surface area contributed by atoms with Crippen molar-refractivity contribution in [2.24, 2.45) is 5.92 Å². The highest BCUT2D eigenvalue weighted by atomic mass is 16.5. The molecule has 0 unspecified atom stereocenters. The average Bonchev–Trinajstić information content (AvgIpc) is 2.51. The number of hydrogen-bond donors (Lipinski definition) is 1. The lowest BCUT2D eigenvalue weighted by Gasteiger charge is -2.18. The van der Waals surface area contributed by atoms with Gasteiger partial charge in [-0.25, -0.2) is 14.6 Å². The normalized spacial score (nSPS) is 11.7. The summed E-state index contributed by atoms with van der Waals surface area (Å²) in [6, 6.07) is -0.773. The Hall–Kier alpha value is -2.51. The Bertz CT molecular complexity index is 557. The SMILES string of the molecule is COC(=O)[C@H](CC(C)C)NC(=O)COC(=O)c1cnc(C)cn1. The van der Waals surface area contributed by atoms with E-state index in [1.165, 1.54) is 19.5 Å². The first kappa shape index (κ1) is 18.5. The lowest BCUT2D eigenvalue weighted by molar-refractivity contribution is -0.145. The van der Waals surface area contributed by atoms with Gasteiger partial charge in [-0.05, 0) is 19.3 Å². The van der Waals surface area contributed by atoms with Gasteiger partial charge in [-0.3, -0.25) is 9.78 Å². The van der Waals surface area contributed by atoms with E-state index >= 15 is 0 Å². The molecule has 0 aliphatic rings. The minimum absolute atomic E-state index is 0.00935. The highest BCUT2D eigenvalue weighted by Crippen LogP contribution is 2.06. The molecule has 0 fully saturated rings. The number of carbonyl (C=O) groups is 3. The summed E-state index contributed by atoms with van der Waals surface area (Å²) in [5, 5.41) is 2.49. The van der Waals surface area contributed by atoms with Crippen molar-refractivity contribution in [3.63, 3.8) is 0 Å². The van der Waals surface area contributed by atoms with E-state index in [1.54, 1.807) is 6.92 Å². The lowest BCUT2D eigenvalue weighted by Crippen LogP contribution is -2.44. The summed E-state index contributed by atoms with van der Waals surface area (Å²) in [4.78, 5) is 42.9. The molecule has 0 spiro atoms. The minimum atomic E-state index is -0.773. The molecule has 1 atom stereocenters. The van der Waals surface area contributed by atoms with E-state index in [-0.39, 0.29) is 11.6 Å². The number of carbonyl (C=O) groups excluding carboxylic acids is 3. The number of esters is 2. The van der Waals surface area contributed by atoms with Gasteiger partial charge in [0.1, 0.15) is 6.04 Å². The molecular formula is C15H21N3O5. The highest BCUT2D eigenvalue weighted by Gasteiger charge is 2.23. The molecule has 1 aromatic rings. The van der Waals surface area contributed by atoms with Gasteiger partial charge in [-0.1, -0.05) is 13.8 Å². The molecule has 0 saturated carbocycles. The Morgan fingerprint density at radius 2 is 1.91 bits per heavy atom. The fraction of sp³-hybridized carbons (Fsp3) is 0.533. The topological polar surface area (TPSA) is 107 Å². The second-order valence-electron chi connectivity index (χ2n) is 5.39. The molecular weight excluding hydrogens is 302 g/mol. The van der Waals surface area contributed by atoms with Gasteiger partial charge in [-0.15, -0.1) is 0 Å². The maximum absolute atomic E-state index is 11.8. The van der Waals surface area contributed by atoms with Crippen LogP contribution in [0.5, 0.6) is 0 Å². The van der Waals surface area contributed by atoms with E-state index in [9.17, 15) is 14.4 Å². The quantitative estimate of drug-likeness (QED) is 0.734. The molecule has 0 aromatic carbocycles. The number of nitrogens with one attached hydrogen (secondary N) is 1. The van der Waals surface area contributed by atoms with Crippen LogP contribution in [0.1, 0.15) is 36.5 Å². The summed E-state index contributed by atoms with van der Waals surface area (Å²) >= 11 is 0. The predicted molar refractivity (Wildman–Crippen MR) is 80.5 cm³/mol. The lowest BCUT2D eigenvalue weighted by atomic mass is 10.0. The van der Waals surface area contributed by atoms with Gasteiger partial charge in [0.25, 0.3) is 5.91 Å². The van der Waals surface area contributed by atoms with Gasteiger partial charge >= 0.3 is 11.9 Å². The second-order valence-corrected chi connectivity index (χ2v) is 5.39. The van der Waals surface area contributed by atoms with Crippen LogP contribution in [0.2, 0.25) is 0 Å². The highest BCUT2D eigenvalue weighted by molar-refractivity contribution is 5.90. The first-order valence-electron chi connectivity index (χ1n) is 7.16. The van der Waals surface area contributed by atoms with Crippen molar-refractivity contribution in [1.82, 2.24) is 15.3 Å². The van der Waals surface area contributed by atoms with Crippen LogP contribution >= 0.6 is 0 Å². The molecule has 8 heteroatoms. The van der Waals surface area contributed by atoms with Gasteiger partial charge < -0.3 is 14.8 Å². The third-order valence-electron chi connectivity index (χ3n) is 2.85. The Morgan fingerprint density at radius 1 is 1.22 bits per heavy atom. The van der Waals surface area contributed by atoms with Crippen molar-refractivity contribution in [1.29, 1.82) is 0 Å². The minimum Gasteiger partial charge on any atom is -0.467 e. The molecule has 0 saturated heterocycles. The van der Waals surface area contributed by atoms with Crippen LogP contribution in [0.25, 0.3) is 0 Å². The van der Waals surface area contributed by atoms with Crippen molar-refractivity contribution in [2.75, 3.05) is 13.7 Å². The molecule has 0 aliphatic heterocycles. The predicted octanol–water partition coefficient (Wildman–Crippen LogP) is 0.646. The van der Waals surface area contributed by atoms with E-state index < -0.39 is 30.5 Å². The van der Waals surface area contributed by atoms with Gasteiger partial charge in [0.05, 0.1) is 19.0 Å². The van der Waals surface area contributed by atoms with Crippen LogP contribution in [0.4, 0.5) is 0 Å². The van der Waals surface area contributed by atoms with Crippen LogP contribution in [-0.4, -0.2) is 47.6 Å². The molecule has 1 heterocycles. The van der Waals surface area contributed by atoms with Crippen LogP contribution in [0.15, 0.2) is 12.4 Å². The number of ether oxygens (including phenoxy) is 2. The van der Waals surface area contributed by atoms with E-state index in [2.05, 4.69) is 20.0 Å². The van der Waals surface area contributed by atoms with Crippen LogP contribution in [0, 0.1) is 12.8 Å². The molecule has 126 valence electrons. The molecule has 1 rings (SSSR count). The molecule has 1 amide bonds. The summed E-state index contributed by atoms with van der Waals surface area (Å²) in [5.41, 5.74) is 0.670. The van der Waals surface area contributed by atoms with Crippen molar-refractivity contribution in [3.8, 4) is 0 Å². The number of nitrogens with zero attached hydrogens (tertiary/aromatic N) is 2. The zero-order valence-electron chi connectivity index (χ0n) is 13.7. The van der Waals surface area contributed by atoms with Crippen LogP contribution in [-0.2, 0) is 19.1 Å². The number of methoxy groups -OCH3 is 1. The number of rotatable bonds is 7. The zero-order valence-corrected chi connectivity index (χ0v) is 13.7. The fourth-order valence-corrected chi connectivity index (χ4v) is 1.77. The fourth-order valence-electron chi connectivity index (χ4n) is 1.77. The van der Waals surface area contributed by atoms with Gasteiger partial charge in [0.15, 0.2) is 12.3 Å². The third-order valence-corrected chi connectivity index (χ3v) is 2.85. The Kier molecular flexibility index (Phi) is 7.11. The Morgan fingerprint density at radius 3 is 2.43 bits per heavy atom. The molecule has 0 radical (unpaired) electrons. The van der Waals surface area contributed by atoms with E-state index in [0.29, 0.717) is 12.1 Å². The van der Waals surface area contributed by atoms with Crippen molar-refractivity contribution in [2.45, 2.75) is 33.2 Å². The Labute approximate surface area is 134 Å². The second kappa shape index (κ2) is 8.82. The first-order valence-corrected chi connectivity index (χ1v) is 7.16. The van der Waals surface area contributed by atoms with E-state index in [0.717, 1.165) is 0 Å². The number of aryl methyl sites for hydroxylation is 1. The zero-order chi connectivity index (χ0) is 17.4. The Balaban J connectivity index is 2.52. The smallest absolute Gasteiger partial charge is 0.359 e. The summed E-state index contributed by atoms with van der Waals surface area (Å²) in [6.45, 7) is 5.05. The van der Waals surface area contributed by atoms with Crippen molar-refractivity contribution >= 4 is 17.8 Å². The van der Waals surface area contributed by atoms with Crippen LogP contribution in [0.3, 0.4) is 0 Å². The summed E-state index contributed by atoms with van der Waals surface area (Å²) < 4.78 is 9.48. The maximum atomic E-state index is 11.8. The standard InChI is InChI=1S/C15H21N3O5/c1-9(2)5-11(14(20)22-4)18-13(19)8-23-15(21)12-7-16-10(3)6-17-12/h6-7,9,11H,5,8H2,1-4H3,(H,18,19)/t11-/m0/s1. The molecule has 0 aliphatic carbocycles. The van der Waals surface area contributed by atoms with Gasteiger partial charge in [0.2, 0.25) is 0 Å². The summed E-state index contributed by atoms with van der Waals surface area (Å²) in [5.74, 6) is -1.70. The molecule has 8 nitrogen and oxygen atoms in total.